The first kappa shape index (κ1) is 21.1. The van der Waals surface area contributed by atoms with Gasteiger partial charge in [-0.25, -0.2) is 0 Å². The van der Waals surface area contributed by atoms with Gasteiger partial charge in [-0.05, 0) is 50.5 Å². The van der Waals surface area contributed by atoms with E-state index < -0.39 is 15.4 Å². The van der Waals surface area contributed by atoms with Gasteiger partial charge in [-0.2, -0.15) is 0 Å². The summed E-state index contributed by atoms with van der Waals surface area (Å²) in [6, 6.07) is 0. The Bertz CT molecular complexity index is 587. The van der Waals surface area contributed by atoms with Gasteiger partial charge in [0.15, 0.2) is 8.24 Å². The minimum atomic E-state index is -1.82. The zero-order chi connectivity index (χ0) is 19.4. The van der Waals surface area contributed by atoms with E-state index in [9.17, 15) is 0 Å². The van der Waals surface area contributed by atoms with Gasteiger partial charge in [-0.1, -0.05) is 53.1 Å². The Labute approximate surface area is 160 Å². The second-order valence-corrected chi connectivity index (χ2v) is 15.6. The molecule has 0 radical (unpaired) electrons. The van der Waals surface area contributed by atoms with E-state index >= 15 is 0 Å². The molecule has 0 aromatic carbocycles. The SMILES string of the molecule is CC(C)[Si](C(C)C)(C(C)C)n1cc(Cl)c(B2OC(C)(C)C(C)(C)O2)c1. The molecule has 1 fully saturated rings. The highest BCUT2D eigenvalue weighted by Crippen LogP contribution is 2.43. The molecule has 142 valence electrons. The second kappa shape index (κ2) is 6.74. The molecule has 0 bridgehead atoms. The van der Waals surface area contributed by atoms with Crippen molar-refractivity contribution in [3.8, 4) is 0 Å². The topological polar surface area (TPSA) is 23.4 Å². The monoisotopic (exact) mass is 383 g/mol. The number of hydrogen-bond acceptors (Lipinski definition) is 2. The molecule has 25 heavy (non-hydrogen) atoms. The molecule has 3 nitrogen and oxygen atoms in total. The molecule has 0 saturated carbocycles. The highest BCUT2D eigenvalue weighted by atomic mass is 35.5. The summed E-state index contributed by atoms with van der Waals surface area (Å²) in [6.45, 7) is 22.4. The molecule has 2 heterocycles. The summed E-state index contributed by atoms with van der Waals surface area (Å²) < 4.78 is 14.9. The Morgan fingerprint density at radius 3 is 1.64 bits per heavy atom. The standard InChI is InChI=1S/C19H35BClNO2Si/c1-13(2)25(14(3)4,15(5)6)22-11-16(17(21)12-22)20-23-18(7,8)19(9,10)24-20/h11-15H,1-10H3. The number of aromatic nitrogens is 1. The Kier molecular flexibility index (Phi) is 5.68. The Morgan fingerprint density at radius 2 is 1.28 bits per heavy atom. The summed E-state index contributed by atoms with van der Waals surface area (Å²) in [4.78, 5) is 0. The van der Waals surface area contributed by atoms with E-state index in [1.807, 2.05) is 0 Å². The van der Waals surface area contributed by atoms with Gasteiger partial charge in [-0.15, -0.1) is 0 Å². The molecule has 1 aromatic rings. The van der Waals surface area contributed by atoms with Crippen molar-refractivity contribution in [1.29, 1.82) is 0 Å². The van der Waals surface area contributed by atoms with E-state index in [4.69, 9.17) is 20.9 Å². The molecular formula is C19H35BClNO2Si. The van der Waals surface area contributed by atoms with Crippen LogP contribution < -0.4 is 5.46 Å². The van der Waals surface area contributed by atoms with Gasteiger partial charge >= 0.3 is 7.12 Å². The van der Waals surface area contributed by atoms with E-state index in [0.29, 0.717) is 16.6 Å². The fourth-order valence-corrected chi connectivity index (χ4v) is 11.5. The summed E-state index contributed by atoms with van der Waals surface area (Å²) in [5.41, 5.74) is 2.09. The van der Waals surface area contributed by atoms with Crippen LogP contribution in [0.25, 0.3) is 0 Å². The third-order valence-corrected chi connectivity index (χ3v) is 13.6. The summed E-state index contributed by atoms with van der Waals surface area (Å²) in [7, 11) is -2.22. The van der Waals surface area contributed by atoms with Crippen molar-refractivity contribution in [1.82, 2.24) is 4.23 Å². The van der Waals surface area contributed by atoms with Gasteiger partial charge in [0, 0.05) is 11.7 Å². The van der Waals surface area contributed by atoms with Crippen LogP contribution in [0.2, 0.25) is 21.6 Å². The average molecular weight is 384 g/mol. The predicted molar refractivity (Wildman–Crippen MR) is 112 cm³/mol. The van der Waals surface area contributed by atoms with Crippen LogP contribution in [0.15, 0.2) is 12.4 Å². The smallest absolute Gasteiger partial charge is 0.399 e. The van der Waals surface area contributed by atoms with E-state index in [2.05, 4.69) is 85.9 Å². The minimum absolute atomic E-state index is 0.355. The molecular weight excluding hydrogens is 349 g/mol. The van der Waals surface area contributed by atoms with E-state index in [1.165, 1.54) is 0 Å². The minimum Gasteiger partial charge on any atom is -0.399 e. The zero-order valence-electron chi connectivity index (χ0n) is 17.6. The molecule has 0 amide bonds. The quantitative estimate of drug-likeness (QED) is 0.630. The second-order valence-electron chi connectivity index (χ2n) is 9.41. The summed E-state index contributed by atoms with van der Waals surface area (Å²) in [5, 5.41) is 0.748. The highest BCUT2D eigenvalue weighted by Gasteiger charge is 2.53. The number of hydrogen-bond donors (Lipinski definition) is 0. The van der Waals surface area contributed by atoms with E-state index in [1.54, 1.807) is 0 Å². The van der Waals surface area contributed by atoms with Gasteiger partial charge in [0.05, 0.1) is 16.2 Å². The first-order valence-electron chi connectivity index (χ1n) is 9.50. The van der Waals surface area contributed by atoms with Crippen LogP contribution in [0.4, 0.5) is 0 Å². The zero-order valence-corrected chi connectivity index (χ0v) is 19.4. The Morgan fingerprint density at radius 1 is 0.880 bits per heavy atom. The average Bonchev–Trinajstić information content (AvgIpc) is 2.87. The maximum atomic E-state index is 6.67. The number of nitrogens with zero attached hydrogens (tertiary/aromatic N) is 1. The Balaban J connectivity index is 2.50. The molecule has 1 aromatic heterocycles. The van der Waals surface area contributed by atoms with Crippen molar-refractivity contribution in [2.24, 2.45) is 0 Å². The molecule has 2 rings (SSSR count). The van der Waals surface area contributed by atoms with Crippen molar-refractivity contribution >= 4 is 32.4 Å². The van der Waals surface area contributed by atoms with Crippen LogP contribution in [-0.4, -0.2) is 30.8 Å². The van der Waals surface area contributed by atoms with Crippen molar-refractivity contribution < 1.29 is 9.31 Å². The third kappa shape index (κ3) is 3.26. The number of halogens is 1. The molecule has 0 unspecified atom stereocenters. The molecule has 1 saturated heterocycles. The Hall–Kier alpha value is -0.228. The first-order chi connectivity index (χ1) is 11.3. The first-order valence-corrected chi connectivity index (χ1v) is 12.1. The van der Waals surface area contributed by atoms with Crippen LogP contribution in [0.5, 0.6) is 0 Å². The molecule has 1 aliphatic heterocycles. The van der Waals surface area contributed by atoms with Gasteiger partial charge in [-0.3, -0.25) is 0 Å². The lowest BCUT2D eigenvalue weighted by Crippen LogP contribution is -2.51. The van der Waals surface area contributed by atoms with E-state index in [-0.39, 0.29) is 11.2 Å². The lowest BCUT2D eigenvalue weighted by atomic mass is 9.81. The normalized spacial score (nSPS) is 20.3. The highest BCUT2D eigenvalue weighted by molar-refractivity contribution is 6.82. The fourth-order valence-electron chi connectivity index (χ4n) is 4.71. The summed E-state index contributed by atoms with van der Waals surface area (Å²) in [6.07, 6.45) is 4.32. The van der Waals surface area contributed by atoms with Gasteiger partial charge in [0.25, 0.3) is 0 Å². The third-order valence-electron chi connectivity index (χ3n) is 6.54. The molecule has 0 aliphatic carbocycles. The van der Waals surface area contributed by atoms with Gasteiger partial charge in [0.1, 0.15) is 0 Å². The van der Waals surface area contributed by atoms with Crippen molar-refractivity contribution in [3.63, 3.8) is 0 Å². The number of rotatable bonds is 5. The van der Waals surface area contributed by atoms with Crippen LogP contribution in [-0.2, 0) is 9.31 Å². The van der Waals surface area contributed by atoms with Crippen molar-refractivity contribution in [2.75, 3.05) is 0 Å². The molecule has 6 heteroatoms. The van der Waals surface area contributed by atoms with Crippen LogP contribution in [0.1, 0.15) is 69.2 Å². The lowest BCUT2D eigenvalue weighted by Gasteiger charge is -2.44. The maximum Gasteiger partial charge on any atom is 0.497 e. The van der Waals surface area contributed by atoms with Crippen molar-refractivity contribution in [3.05, 3.63) is 17.4 Å². The maximum absolute atomic E-state index is 6.67. The lowest BCUT2D eigenvalue weighted by molar-refractivity contribution is 0.00578. The van der Waals surface area contributed by atoms with Crippen molar-refractivity contribution in [2.45, 2.75) is 97.1 Å². The largest absolute Gasteiger partial charge is 0.497 e. The summed E-state index contributed by atoms with van der Waals surface area (Å²) in [5.74, 6) is 0. The molecule has 1 aliphatic rings. The van der Waals surface area contributed by atoms with Gasteiger partial charge < -0.3 is 13.5 Å². The fraction of sp³-hybridized carbons (Fsp3) is 0.789. The van der Waals surface area contributed by atoms with Gasteiger partial charge in [0.2, 0.25) is 0 Å². The van der Waals surface area contributed by atoms with Crippen LogP contribution >= 0.6 is 11.6 Å². The molecule has 0 spiro atoms. The van der Waals surface area contributed by atoms with Crippen LogP contribution in [0.3, 0.4) is 0 Å². The summed E-state index contributed by atoms with van der Waals surface area (Å²) >= 11 is 6.67. The molecule has 0 N–H and O–H groups in total. The predicted octanol–water partition coefficient (Wildman–Crippen LogP) is 5.46. The molecule has 0 atom stereocenters. The van der Waals surface area contributed by atoms with E-state index in [0.717, 1.165) is 10.5 Å². The van der Waals surface area contributed by atoms with Crippen LogP contribution in [0, 0.1) is 0 Å².